The first-order chi connectivity index (χ1) is 6.00. The summed E-state index contributed by atoms with van der Waals surface area (Å²) in [7, 11) is 0. The number of alkyl halides is 2. The zero-order chi connectivity index (χ0) is 10.0. The molecule has 0 fully saturated rings. The molecule has 72 valence electrons. The molecule has 6 heteroatoms. The van der Waals surface area contributed by atoms with Crippen LogP contribution in [0.2, 0.25) is 5.02 Å². The molecule has 0 amide bonds. The first-order valence-electron chi connectivity index (χ1n) is 3.10. The standard InChI is InChI=1S/C7H3BrClF2IO/c8-3-1-6(13-7(10)11)5(12)2-4(3)9/h1-2,7H. The Labute approximate surface area is 101 Å². The molecule has 1 nitrogen and oxygen atoms in total. The van der Waals surface area contributed by atoms with E-state index in [0.717, 1.165) is 0 Å². The third-order valence-corrected chi connectivity index (χ3v) is 3.23. The van der Waals surface area contributed by atoms with Gasteiger partial charge < -0.3 is 4.74 Å². The highest BCUT2D eigenvalue weighted by Crippen LogP contribution is 2.32. The minimum atomic E-state index is -2.82. The van der Waals surface area contributed by atoms with Gasteiger partial charge in [-0.2, -0.15) is 8.78 Å². The number of benzene rings is 1. The van der Waals surface area contributed by atoms with Crippen LogP contribution in [0.3, 0.4) is 0 Å². The van der Waals surface area contributed by atoms with Gasteiger partial charge in [-0.25, -0.2) is 0 Å². The highest BCUT2D eigenvalue weighted by molar-refractivity contribution is 14.1. The van der Waals surface area contributed by atoms with Crippen molar-refractivity contribution >= 4 is 50.1 Å². The molecule has 0 atom stereocenters. The van der Waals surface area contributed by atoms with Crippen LogP contribution >= 0.6 is 50.1 Å². The van der Waals surface area contributed by atoms with E-state index in [4.69, 9.17) is 11.6 Å². The van der Waals surface area contributed by atoms with E-state index in [9.17, 15) is 8.78 Å². The fourth-order valence-corrected chi connectivity index (χ4v) is 1.95. The molecule has 1 aromatic rings. The summed E-state index contributed by atoms with van der Waals surface area (Å²) < 4.78 is 29.0. The molecule has 0 N–H and O–H groups in total. The van der Waals surface area contributed by atoms with E-state index in [1.54, 1.807) is 6.07 Å². The first-order valence-corrected chi connectivity index (χ1v) is 5.35. The van der Waals surface area contributed by atoms with Crippen molar-refractivity contribution in [2.24, 2.45) is 0 Å². The van der Waals surface area contributed by atoms with Crippen molar-refractivity contribution in [3.63, 3.8) is 0 Å². The minimum absolute atomic E-state index is 0.117. The van der Waals surface area contributed by atoms with Gasteiger partial charge in [0.2, 0.25) is 0 Å². The van der Waals surface area contributed by atoms with Gasteiger partial charge in [-0.3, -0.25) is 0 Å². The SMILES string of the molecule is FC(F)Oc1cc(Br)c(Cl)cc1I. The Bertz CT molecular complexity index is 322. The number of halogens is 5. The second-order valence-corrected chi connectivity index (χ2v) is 4.50. The fourth-order valence-electron chi connectivity index (χ4n) is 0.691. The molecule has 0 unspecified atom stereocenters. The van der Waals surface area contributed by atoms with E-state index in [-0.39, 0.29) is 5.75 Å². The normalized spacial score (nSPS) is 10.6. The molecule has 0 radical (unpaired) electrons. The lowest BCUT2D eigenvalue weighted by Crippen LogP contribution is -2.03. The molecule has 0 aliphatic heterocycles. The molecule has 0 spiro atoms. The molecule has 0 saturated heterocycles. The lowest BCUT2D eigenvalue weighted by atomic mass is 10.3. The monoisotopic (exact) mass is 382 g/mol. The average Bonchev–Trinajstić information content (AvgIpc) is 1.99. The molecule has 1 aromatic carbocycles. The van der Waals surface area contributed by atoms with Crippen LogP contribution in [0.1, 0.15) is 0 Å². The minimum Gasteiger partial charge on any atom is -0.434 e. The summed E-state index contributed by atoms with van der Waals surface area (Å²) in [6.45, 7) is -2.82. The Morgan fingerprint density at radius 3 is 2.62 bits per heavy atom. The molecule has 0 aliphatic rings. The molecule has 1 rings (SSSR count). The van der Waals surface area contributed by atoms with Gasteiger partial charge in [-0.15, -0.1) is 0 Å². The summed E-state index contributed by atoms with van der Waals surface area (Å²) in [6.07, 6.45) is 0. The van der Waals surface area contributed by atoms with Crippen molar-refractivity contribution < 1.29 is 13.5 Å². The second-order valence-electron chi connectivity index (χ2n) is 2.08. The highest BCUT2D eigenvalue weighted by atomic mass is 127. The van der Waals surface area contributed by atoms with Crippen LogP contribution in [-0.2, 0) is 0 Å². The molecular weight excluding hydrogens is 380 g/mol. The van der Waals surface area contributed by atoms with Gasteiger partial charge in [0.25, 0.3) is 0 Å². The van der Waals surface area contributed by atoms with Crippen LogP contribution in [-0.4, -0.2) is 6.61 Å². The summed E-state index contributed by atoms with van der Waals surface area (Å²) in [6, 6.07) is 2.96. The van der Waals surface area contributed by atoms with Gasteiger partial charge in [-0.1, -0.05) is 11.6 Å². The summed E-state index contributed by atoms with van der Waals surface area (Å²) in [5.74, 6) is 0.117. The van der Waals surface area contributed by atoms with Crippen LogP contribution in [0, 0.1) is 3.57 Å². The van der Waals surface area contributed by atoms with Crippen LogP contribution in [0.4, 0.5) is 8.78 Å². The van der Waals surface area contributed by atoms with Crippen molar-refractivity contribution in [2.75, 3.05) is 0 Å². The van der Waals surface area contributed by atoms with E-state index < -0.39 is 6.61 Å². The van der Waals surface area contributed by atoms with Crippen molar-refractivity contribution in [2.45, 2.75) is 6.61 Å². The molecule has 0 heterocycles. The maximum absolute atomic E-state index is 11.9. The van der Waals surface area contributed by atoms with E-state index >= 15 is 0 Å². The summed E-state index contributed by atoms with van der Waals surface area (Å²) >= 11 is 10.7. The number of hydrogen-bond acceptors (Lipinski definition) is 1. The van der Waals surface area contributed by atoms with Crippen LogP contribution in [0.25, 0.3) is 0 Å². The lowest BCUT2D eigenvalue weighted by molar-refractivity contribution is -0.0504. The average molecular weight is 383 g/mol. The maximum Gasteiger partial charge on any atom is 0.387 e. The molecule has 13 heavy (non-hydrogen) atoms. The van der Waals surface area contributed by atoms with Gasteiger partial charge in [0, 0.05) is 4.47 Å². The molecular formula is C7H3BrClF2IO. The van der Waals surface area contributed by atoms with Crippen molar-refractivity contribution in [1.82, 2.24) is 0 Å². The largest absolute Gasteiger partial charge is 0.434 e. The van der Waals surface area contributed by atoms with Gasteiger partial charge in [0.1, 0.15) is 5.75 Å². The fraction of sp³-hybridized carbons (Fsp3) is 0.143. The molecule has 0 bridgehead atoms. The Balaban J connectivity index is 3.01. The van der Waals surface area contributed by atoms with Crippen molar-refractivity contribution in [3.05, 3.63) is 25.2 Å². The molecule has 0 saturated carbocycles. The second kappa shape index (κ2) is 4.75. The van der Waals surface area contributed by atoms with E-state index in [2.05, 4.69) is 20.7 Å². The van der Waals surface area contributed by atoms with Crippen LogP contribution < -0.4 is 4.74 Å². The predicted molar refractivity (Wildman–Crippen MR) is 58.5 cm³/mol. The first kappa shape index (κ1) is 11.5. The Kier molecular flexibility index (Phi) is 4.18. The third-order valence-electron chi connectivity index (χ3n) is 1.19. The quantitative estimate of drug-likeness (QED) is 0.546. The topological polar surface area (TPSA) is 9.23 Å². The molecule has 0 aromatic heterocycles. The van der Waals surface area contributed by atoms with Crippen LogP contribution in [0.15, 0.2) is 16.6 Å². The van der Waals surface area contributed by atoms with E-state index in [0.29, 0.717) is 13.1 Å². The Morgan fingerprint density at radius 1 is 1.46 bits per heavy atom. The van der Waals surface area contributed by atoms with Gasteiger partial charge in [0.15, 0.2) is 0 Å². The zero-order valence-corrected chi connectivity index (χ0v) is 10.5. The van der Waals surface area contributed by atoms with E-state index in [1.165, 1.54) is 6.07 Å². The Hall–Kier alpha value is 0.380. The maximum atomic E-state index is 11.9. The third kappa shape index (κ3) is 3.21. The summed E-state index contributed by atoms with van der Waals surface area (Å²) in [5, 5.41) is 0.464. The van der Waals surface area contributed by atoms with Crippen molar-refractivity contribution in [3.8, 4) is 5.75 Å². The lowest BCUT2D eigenvalue weighted by Gasteiger charge is -2.07. The van der Waals surface area contributed by atoms with Gasteiger partial charge in [-0.05, 0) is 50.7 Å². The Morgan fingerprint density at radius 2 is 2.08 bits per heavy atom. The number of hydrogen-bond donors (Lipinski definition) is 0. The predicted octanol–water partition coefficient (Wildman–Crippen LogP) is 4.31. The van der Waals surface area contributed by atoms with E-state index in [1.807, 2.05) is 22.6 Å². The summed E-state index contributed by atoms with van der Waals surface area (Å²) in [5.41, 5.74) is 0. The van der Waals surface area contributed by atoms with Crippen LogP contribution in [0.5, 0.6) is 5.75 Å². The molecule has 0 aliphatic carbocycles. The smallest absolute Gasteiger partial charge is 0.387 e. The van der Waals surface area contributed by atoms with Gasteiger partial charge in [0.05, 0.1) is 8.59 Å². The van der Waals surface area contributed by atoms with Crippen molar-refractivity contribution in [1.29, 1.82) is 0 Å². The highest BCUT2D eigenvalue weighted by Gasteiger charge is 2.10. The summed E-state index contributed by atoms with van der Waals surface area (Å²) in [4.78, 5) is 0. The number of rotatable bonds is 2. The zero-order valence-electron chi connectivity index (χ0n) is 6.03. The van der Waals surface area contributed by atoms with Gasteiger partial charge >= 0.3 is 6.61 Å². The number of ether oxygens (including phenoxy) is 1.